The van der Waals surface area contributed by atoms with Gasteiger partial charge in [0, 0.05) is 39.2 Å². The summed E-state index contributed by atoms with van der Waals surface area (Å²) in [6, 6.07) is 0.108. The number of hydrogen-bond donors (Lipinski definition) is 2. The minimum Gasteiger partial charge on any atom is -0.380 e. The van der Waals surface area contributed by atoms with E-state index in [1.807, 2.05) is 11.8 Å². The quantitative estimate of drug-likeness (QED) is 0.755. The van der Waals surface area contributed by atoms with Crippen LogP contribution in [0, 0.1) is 0 Å². The Morgan fingerprint density at radius 1 is 1.35 bits per heavy atom. The third-order valence-electron chi connectivity index (χ3n) is 4.21. The first-order valence-corrected chi connectivity index (χ1v) is 7.48. The maximum absolute atomic E-state index is 12.4. The number of likely N-dealkylation sites (tertiary alicyclic amines) is 1. The lowest BCUT2D eigenvalue weighted by atomic mass is 10.0. The SMILES string of the molecule is CCC(=O)NC1CCN(C(=O)C2CC(OC)CN2)CC1. The molecule has 0 bridgehead atoms. The van der Waals surface area contributed by atoms with Gasteiger partial charge in [-0.3, -0.25) is 9.59 Å². The van der Waals surface area contributed by atoms with Crippen molar-refractivity contribution in [3.8, 4) is 0 Å². The number of hydrogen-bond acceptors (Lipinski definition) is 4. The van der Waals surface area contributed by atoms with Crippen LogP contribution in [0.15, 0.2) is 0 Å². The second-order valence-electron chi connectivity index (χ2n) is 5.57. The Morgan fingerprint density at radius 3 is 2.60 bits per heavy atom. The maximum Gasteiger partial charge on any atom is 0.239 e. The van der Waals surface area contributed by atoms with Gasteiger partial charge in [-0.25, -0.2) is 0 Å². The number of carbonyl (C=O) groups excluding carboxylic acids is 2. The average molecular weight is 283 g/mol. The molecule has 2 aliphatic rings. The zero-order chi connectivity index (χ0) is 14.5. The summed E-state index contributed by atoms with van der Waals surface area (Å²) in [4.78, 5) is 25.6. The summed E-state index contributed by atoms with van der Waals surface area (Å²) < 4.78 is 5.27. The molecule has 6 nitrogen and oxygen atoms in total. The number of carbonyl (C=O) groups is 2. The van der Waals surface area contributed by atoms with Crippen molar-refractivity contribution in [1.29, 1.82) is 0 Å². The van der Waals surface area contributed by atoms with Crippen molar-refractivity contribution >= 4 is 11.8 Å². The second kappa shape index (κ2) is 7.04. The lowest BCUT2D eigenvalue weighted by Crippen LogP contribution is -2.50. The van der Waals surface area contributed by atoms with E-state index < -0.39 is 0 Å². The van der Waals surface area contributed by atoms with E-state index in [0.29, 0.717) is 6.42 Å². The van der Waals surface area contributed by atoms with Crippen LogP contribution >= 0.6 is 0 Å². The fourth-order valence-corrected chi connectivity index (χ4v) is 2.87. The molecule has 2 amide bonds. The third-order valence-corrected chi connectivity index (χ3v) is 4.21. The first kappa shape index (κ1) is 15.3. The number of rotatable bonds is 4. The van der Waals surface area contributed by atoms with Crippen LogP contribution in [0.1, 0.15) is 32.6 Å². The van der Waals surface area contributed by atoms with Crippen LogP contribution in [0.3, 0.4) is 0 Å². The van der Waals surface area contributed by atoms with E-state index in [-0.39, 0.29) is 30.0 Å². The molecule has 0 aromatic heterocycles. The zero-order valence-corrected chi connectivity index (χ0v) is 12.4. The first-order chi connectivity index (χ1) is 9.63. The average Bonchev–Trinajstić information content (AvgIpc) is 2.96. The molecule has 114 valence electrons. The molecular weight excluding hydrogens is 258 g/mol. The summed E-state index contributed by atoms with van der Waals surface area (Å²) in [5, 5.41) is 6.22. The van der Waals surface area contributed by atoms with Gasteiger partial charge in [-0.1, -0.05) is 6.92 Å². The number of methoxy groups -OCH3 is 1. The molecule has 2 atom stereocenters. The fourth-order valence-electron chi connectivity index (χ4n) is 2.87. The van der Waals surface area contributed by atoms with Crippen LogP contribution < -0.4 is 10.6 Å². The molecule has 0 spiro atoms. The molecular formula is C14H25N3O3. The van der Waals surface area contributed by atoms with Crippen molar-refractivity contribution in [2.45, 2.75) is 50.8 Å². The van der Waals surface area contributed by atoms with Gasteiger partial charge in [0.25, 0.3) is 0 Å². The van der Waals surface area contributed by atoms with Gasteiger partial charge in [0.15, 0.2) is 0 Å². The van der Waals surface area contributed by atoms with Gasteiger partial charge in [-0.2, -0.15) is 0 Å². The lowest BCUT2D eigenvalue weighted by molar-refractivity contribution is -0.134. The largest absolute Gasteiger partial charge is 0.380 e. The summed E-state index contributed by atoms with van der Waals surface area (Å²) in [5.41, 5.74) is 0. The molecule has 0 aliphatic carbocycles. The van der Waals surface area contributed by atoms with E-state index in [4.69, 9.17) is 4.74 Å². The van der Waals surface area contributed by atoms with Crippen LogP contribution in [0.2, 0.25) is 0 Å². The Morgan fingerprint density at radius 2 is 2.05 bits per heavy atom. The van der Waals surface area contributed by atoms with Gasteiger partial charge in [0.05, 0.1) is 12.1 Å². The van der Waals surface area contributed by atoms with Crippen molar-refractivity contribution in [3.63, 3.8) is 0 Å². The molecule has 2 fully saturated rings. The van der Waals surface area contributed by atoms with E-state index in [1.165, 1.54) is 0 Å². The molecule has 2 N–H and O–H groups in total. The van der Waals surface area contributed by atoms with Gasteiger partial charge in [0.2, 0.25) is 11.8 Å². The molecule has 0 saturated carbocycles. The number of nitrogens with one attached hydrogen (secondary N) is 2. The van der Waals surface area contributed by atoms with Crippen LogP contribution in [0.4, 0.5) is 0 Å². The topological polar surface area (TPSA) is 70.7 Å². The van der Waals surface area contributed by atoms with Crippen LogP contribution in [0.25, 0.3) is 0 Å². The van der Waals surface area contributed by atoms with Gasteiger partial charge < -0.3 is 20.3 Å². The van der Waals surface area contributed by atoms with Gasteiger partial charge >= 0.3 is 0 Å². The van der Waals surface area contributed by atoms with Crippen LogP contribution in [-0.2, 0) is 14.3 Å². The number of ether oxygens (including phenoxy) is 1. The molecule has 2 heterocycles. The molecule has 2 saturated heterocycles. The molecule has 0 radical (unpaired) electrons. The van der Waals surface area contributed by atoms with Crippen molar-refractivity contribution in [1.82, 2.24) is 15.5 Å². The Bertz CT molecular complexity index is 354. The number of piperidine rings is 1. The Hall–Kier alpha value is -1.14. The molecule has 2 rings (SSSR count). The Kier molecular flexibility index (Phi) is 5.37. The van der Waals surface area contributed by atoms with Crippen LogP contribution in [0.5, 0.6) is 0 Å². The molecule has 0 aromatic rings. The first-order valence-electron chi connectivity index (χ1n) is 7.48. The predicted octanol–water partition coefficient (Wildman–Crippen LogP) is -0.119. The maximum atomic E-state index is 12.4. The third kappa shape index (κ3) is 3.70. The molecule has 6 heteroatoms. The summed E-state index contributed by atoms with van der Waals surface area (Å²) in [5.74, 6) is 0.264. The minimum absolute atomic E-state index is 0.0928. The van der Waals surface area contributed by atoms with Gasteiger partial charge in [-0.15, -0.1) is 0 Å². The summed E-state index contributed by atoms with van der Waals surface area (Å²) in [6.45, 7) is 4.05. The Labute approximate surface area is 120 Å². The summed E-state index contributed by atoms with van der Waals surface area (Å²) >= 11 is 0. The van der Waals surface area contributed by atoms with E-state index in [9.17, 15) is 9.59 Å². The summed E-state index contributed by atoms with van der Waals surface area (Å²) in [6.07, 6.45) is 3.10. The van der Waals surface area contributed by atoms with Crippen molar-refractivity contribution in [2.75, 3.05) is 26.7 Å². The highest BCUT2D eigenvalue weighted by Crippen LogP contribution is 2.16. The number of nitrogens with zero attached hydrogens (tertiary/aromatic N) is 1. The number of amides is 2. The van der Waals surface area contributed by atoms with Gasteiger partial charge in [-0.05, 0) is 19.3 Å². The van der Waals surface area contributed by atoms with E-state index in [1.54, 1.807) is 7.11 Å². The second-order valence-corrected chi connectivity index (χ2v) is 5.57. The standard InChI is InChI=1S/C14H25N3O3/c1-3-13(18)16-10-4-6-17(7-5-10)14(19)12-8-11(20-2)9-15-12/h10-12,15H,3-9H2,1-2H3,(H,16,18). The monoisotopic (exact) mass is 283 g/mol. The minimum atomic E-state index is -0.110. The highest BCUT2D eigenvalue weighted by molar-refractivity contribution is 5.82. The zero-order valence-electron chi connectivity index (χ0n) is 12.4. The molecule has 20 heavy (non-hydrogen) atoms. The van der Waals surface area contributed by atoms with Crippen LogP contribution in [-0.4, -0.2) is 61.6 Å². The molecule has 2 aliphatic heterocycles. The lowest BCUT2D eigenvalue weighted by Gasteiger charge is -2.33. The molecule has 2 unspecified atom stereocenters. The summed E-state index contributed by atoms with van der Waals surface area (Å²) in [7, 11) is 1.68. The van der Waals surface area contributed by atoms with Crippen molar-refractivity contribution in [3.05, 3.63) is 0 Å². The van der Waals surface area contributed by atoms with E-state index in [2.05, 4.69) is 10.6 Å². The normalized spacial score (nSPS) is 27.6. The smallest absolute Gasteiger partial charge is 0.239 e. The molecule has 0 aromatic carbocycles. The highest BCUT2D eigenvalue weighted by Gasteiger charge is 2.33. The van der Waals surface area contributed by atoms with Gasteiger partial charge in [0.1, 0.15) is 0 Å². The Balaban J connectivity index is 1.76. The van der Waals surface area contributed by atoms with Crippen molar-refractivity contribution in [2.24, 2.45) is 0 Å². The van der Waals surface area contributed by atoms with E-state index >= 15 is 0 Å². The predicted molar refractivity (Wildman–Crippen MR) is 75.2 cm³/mol. The van der Waals surface area contributed by atoms with E-state index in [0.717, 1.165) is 38.9 Å². The fraction of sp³-hybridized carbons (Fsp3) is 0.857. The highest BCUT2D eigenvalue weighted by atomic mass is 16.5. The van der Waals surface area contributed by atoms with Crippen molar-refractivity contribution < 1.29 is 14.3 Å².